The zero-order valence-corrected chi connectivity index (χ0v) is 7.35. The molecule has 0 aliphatic rings. The molecule has 1 aromatic rings. The molecular weight excluding hydrogens is 197 g/mol. The average Bonchev–Trinajstić information content (AvgIpc) is 2.15. The van der Waals surface area contributed by atoms with Gasteiger partial charge in [-0.1, -0.05) is 0 Å². The Morgan fingerprint density at radius 1 is 1.36 bits per heavy atom. The van der Waals surface area contributed by atoms with E-state index in [1.807, 2.05) is 0 Å². The van der Waals surface area contributed by atoms with E-state index in [9.17, 15) is 13.2 Å². The summed E-state index contributed by atoms with van der Waals surface area (Å²) in [6.07, 6.45) is -4.37. The molecule has 3 N–H and O–H groups in total. The average molecular weight is 206 g/mol. The summed E-state index contributed by atoms with van der Waals surface area (Å²) < 4.78 is 41.4. The first kappa shape index (κ1) is 10.6. The fourth-order valence-corrected chi connectivity index (χ4v) is 0.987. The molecule has 0 bridgehead atoms. The summed E-state index contributed by atoms with van der Waals surface area (Å²) in [6.45, 7) is 0. The van der Waals surface area contributed by atoms with Crippen molar-refractivity contribution in [2.24, 2.45) is 5.84 Å². The van der Waals surface area contributed by atoms with Crippen molar-refractivity contribution in [2.75, 3.05) is 12.5 Å². The molecule has 1 rings (SSSR count). The lowest BCUT2D eigenvalue weighted by atomic mass is 10.2. The van der Waals surface area contributed by atoms with Crippen LogP contribution in [0.15, 0.2) is 18.2 Å². The molecule has 0 saturated carbocycles. The van der Waals surface area contributed by atoms with Crippen molar-refractivity contribution in [1.82, 2.24) is 0 Å². The number of hydrazine groups is 1. The van der Waals surface area contributed by atoms with Gasteiger partial charge in [0.1, 0.15) is 5.75 Å². The van der Waals surface area contributed by atoms with Gasteiger partial charge in [-0.25, -0.2) is 0 Å². The van der Waals surface area contributed by atoms with Crippen molar-refractivity contribution >= 4 is 5.69 Å². The van der Waals surface area contributed by atoms with Gasteiger partial charge in [0, 0.05) is 0 Å². The molecule has 0 aliphatic carbocycles. The van der Waals surface area contributed by atoms with Crippen LogP contribution in [0.2, 0.25) is 0 Å². The highest BCUT2D eigenvalue weighted by atomic mass is 19.4. The number of hydrogen-bond acceptors (Lipinski definition) is 3. The highest BCUT2D eigenvalue weighted by Crippen LogP contribution is 2.34. The molecule has 78 valence electrons. The summed E-state index contributed by atoms with van der Waals surface area (Å²) in [4.78, 5) is 0. The molecule has 0 aliphatic heterocycles. The third kappa shape index (κ3) is 2.08. The van der Waals surface area contributed by atoms with E-state index in [2.05, 4.69) is 5.43 Å². The SMILES string of the molecule is COc1cc(C(F)(F)F)ccc1NN. The lowest BCUT2D eigenvalue weighted by molar-refractivity contribution is -0.137. The second-order valence-corrected chi connectivity index (χ2v) is 2.56. The minimum absolute atomic E-state index is 0.0577. The Balaban J connectivity index is 3.14. The standard InChI is InChI=1S/C8H9F3N2O/c1-14-7-4-5(8(9,10)11)2-3-6(7)13-12/h2-4,13H,12H2,1H3. The number of anilines is 1. The Hall–Kier alpha value is -1.43. The summed E-state index contributed by atoms with van der Waals surface area (Å²) in [5.74, 6) is 5.13. The van der Waals surface area contributed by atoms with Gasteiger partial charge in [-0.3, -0.25) is 5.84 Å². The van der Waals surface area contributed by atoms with Crippen LogP contribution in [0.3, 0.4) is 0 Å². The predicted octanol–water partition coefficient (Wildman–Crippen LogP) is 2.00. The van der Waals surface area contributed by atoms with Crippen LogP contribution in [0.25, 0.3) is 0 Å². The van der Waals surface area contributed by atoms with Gasteiger partial charge in [0.15, 0.2) is 0 Å². The van der Waals surface area contributed by atoms with Crippen LogP contribution in [-0.4, -0.2) is 7.11 Å². The maximum Gasteiger partial charge on any atom is 0.416 e. The first-order valence-electron chi connectivity index (χ1n) is 3.71. The molecule has 1 aromatic carbocycles. The Kier molecular flexibility index (Phi) is 2.85. The van der Waals surface area contributed by atoms with Gasteiger partial charge in [-0.15, -0.1) is 0 Å². The first-order valence-corrected chi connectivity index (χ1v) is 3.71. The molecule has 0 saturated heterocycles. The Bertz CT molecular complexity index is 325. The van der Waals surface area contributed by atoms with Crippen molar-refractivity contribution in [2.45, 2.75) is 6.18 Å². The highest BCUT2D eigenvalue weighted by Gasteiger charge is 2.31. The van der Waals surface area contributed by atoms with Crippen molar-refractivity contribution < 1.29 is 17.9 Å². The molecule has 0 radical (unpaired) electrons. The van der Waals surface area contributed by atoms with Crippen molar-refractivity contribution in [3.05, 3.63) is 23.8 Å². The summed E-state index contributed by atoms with van der Waals surface area (Å²) in [7, 11) is 1.27. The first-order chi connectivity index (χ1) is 6.49. The minimum Gasteiger partial charge on any atom is -0.495 e. The zero-order chi connectivity index (χ0) is 10.8. The number of methoxy groups -OCH3 is 1. The zero-order valence-electron chi connectivity index (χ0n) is 7.35. The van der Waals surface area contributed by atoms with Gasteiger partial charge < -0.3 is 10.2 Å². The normalized spacial score (nSPS) is 11.2. The van der Waals surface area contributed by atoms with Crippen LogP contribution in [-0.2, 0) is 6.18 Å². The van der Waals surface area contributed by atoms with Gasteiger partial charge in [0.2, 0.25) is 0 Å². The second kappa shape index (κ2) is 3.75. The molecule has 0 amide bonds. The summed E-state index contributed by atoms with van der Waals surface area (Å²) in [5.41, 5.74) is 1.77. The second-order valence-electron chi connectivity index (χ2n) is 2.56. The third-order valence-electron chi connectivity index (χ3n) is 1.68. The molecule has 6 heteroatoms. The number of halogens is 3. The number of alkyl halides is 3. The molecule has 0 aromatic heterocycles. The molecular formula is C8H9F3N2O. The third-order valence-corrected chi connectivity index (χ3v) is 1.68. The topological polar surface area (TPSA) is 47.3 Å². The van der Waals surface area contributed by atoms with Crippen LogP contribution in [0.4, 0.5) is 18.9 Å². The van der Waals surface area contributed by atoms with Gasteiger partial charge in [0.25, 0.3) is 0 Å². The lowest BCUT2D eigenvalue weighted by Gasteiger charge is -2.11. The van der Waals surface area contributed by atoms with Crippen LogP contribution in [0.5, 0.6) is 5.75 Å². The van der Waals surface area contributed by atoms with E-state index in [1.54, 1.807) is 0 Å². The van der Waals surface area contributed by atoms with Crippen LogP contribution >= 0.6 is 0 Å². The molecule has 0 spiro atoms. The molecule has 0 fully saturated rings. The van der Waals surface area contributed by atoms with Crippen LogP contribution < -0.4 is 16.0 Å². The fraction of sp³-hybridized carbons (Fsp3) is 0.250. The summed E-state index contributed by atoms with van der Waals surface area (Å²) >= 11 is 0. The summed E-state index contributed by atoms with van der Waals surface area (Å²) in [5, 5.41) is 0. The largest absolute Gasteiger partial charge is 0.495 e. The quantitative estimate of drug-likeness (QED) is 0.574. The van der Waals surface area contributed by atoms with E-state index in [-0.39, 0.29) is 5.75 Å². The Labute approximate surface area is 78.6 Å². The smallest absolute Gasteiger partial charge is 0.416 e. The lowest BCUT2D eigenvalue weighted by Crippen LogP contribution is -2.10. The monoisotopic (exact) mass is 206 g/mol. The maximum absolute atomic E-state index is 12.2. The van der Waals surface area contributed by atoms with Crippen LogP contribution in [0.1, 0.15) is 5.56 Å². The van der Waals surface area contributed by atoms with Crippen molar-refractivity contribution in [3.63, 3.8) is 0 Å². The van der Waals surface area contributed by atoms with Crippen molar-refractivity contribution in [3.8, 4) is 5.75 Å². The fourth-order valence-electron chi connectivity index (χ4n) is 0.987. The number of rotatable bonds is 2. The van der Waals surface area contributed by atoms with E-state index in [4.69, 9.17) is 10.6 Å². The molecule has 3 nitrogen and oxygen atoms in total. The highest BCUT2D eigenvalue weighted by molar-refractivity contribution is 5.57. The number of nitrogens with two attached hydrogens (primary N) is 1. The van der Waals surface area contributed by atoms with E-state index < -0.39 is 11.7 Å². The van der Waals surface area contributed by atoms with E-state index in [0.29, 0.717) is 5.69 Å². The maximum atomic E-state index is 12.2. The Morgan fingerprint density at radius 2 is 2.00 bits per heavy atom. The predicted molar refractivity (Wildman–Crippen MR) is 45.8 cm³/mol. The van der Waals surface area contributed by atoms with E-state index >= 15 is 0 Å². The number of hydrogen-bond donors (Lipinski definition) is 2. The van der Waals surface area contributed by atoms with E-state index in [0.717, 1.165) is 12.1 Å². The number of nitrogens with one attached hydrogen (secondary N) is 1. The number of nitrogen functional groups attached to an aromatic ring is 1. The number of ether oxygens (including phenoxy) is 1. The van der Waals surface area contributed by atoms with Crippen LogP contribution in [0, 0.1) is 0 Å². The molecule has 0 unspecified atom stereocenters. The molecule has 0 atom stereocenters. The van der Waals surface area contributed by atoms with Crippen molar-refractivity contribution in [1.29, 1.82) is 0 Å². The van der Waals surface area contributed by atoms with Gasteiger partial charge in [-0.05, 0) is 18.2 Å². The molecule has 14 heavy (non-hydrogen) atoms. The van der Waals surface area contributed by atoms with Gasteiger partial charge in [-0.2, -0.15) is 13.2 Å². The Morgan fingerprint density at radius 3 is 2.43 bits per heavy atom. The van der Waals surface area contributed by atoms with Gasteiger partial charge in [0.05, 0.1) is 18.4 Å². The molecule has 0 heterocycles. The van der Waals surface area contributed by atoms with E-state index in [1.165, 1.54) is 13.2 Å². The summed E-state index contributed by atoms with van der Waals surface area (Å²) in [6, 6.07) is 3.02. The minimum atomic E-state index is -4.37. The number of benzene rings is 1. The van der Waals surface area contributed by atoms with Gasteiger partial charge >= 0.3 is 6.18 Å².